The molecule has 0 aromatic carbocycles. The molecule has 1 atom stereocenters. The third-order valence-corrected chi connectivity index (χ3v) is 2.44. The van der Waals surface area contributed by atoms with Gasteiger partial charge in [0.05, 0.1) is 11.9 Å². The summed E-state index contributed by atoms with van der Waals surface area (Å²) in [5.41, 5.74) is 1.00. The van der Waals surface area contributed by atoms with Crippen molar-refractivity contribution in [3.63, 3.8) is 0 Å². The zero-order chi connectivity index (χ0) is 11.4. The number of rotatable bonds is 5. The number of imidazole rings is 1. The molecule has 2 aromatic rings. The third kappa shape index (κ3) is 2.11. The van der Waals surface area contributed by atoms with Gasteiger partial charge in [-0.25, -0.2) is 4.98 Å². The van der Waals surface area contributed by atoms with Crippen molar-refractivity contribution in [1.29, 1.82) is 0 Å². The van der Waals surface area contributed by atoms with E-state index in [4.69, 9.17) is 0 Å². The van der Waals surface area contributed by atoms with Crippen LogP contribution in [0.25, 0.3) is 0 Å². The van der Waals surface area contributed by atoms with Crippen molar-refractivity contribution in [3.05, 3.63) is 30.1 Å². The summed E-state index contributed by atoms with van der Waals surface area (Å²) in [7, 11) is 1.88. The standard InChI is InChI=1S/C10H16N6/c1-3-4-11-9(10-12-5-6-13-10)8-7-14-15-16(8)2/h5-7,9,11H,3-4H2,1-2H3,(H,12,13). The van der Waals surface area contributed by atoms with Crippen LogP contribution in [0, 0.1) is 0 Å². The lowest BCUT2D eigenvalue weighted by Crippen LogP contribution is -2.26. The molecule has 2 aromatic heterocycles. The smallest absolute Gasteiger partial charge is 0.129 e. The van der Waals surface area contributed by atoms with Gasteiger partial charge >= 0.3 is 0 Å². The molecule has 0 bridgehead atoms. The van der Waals surface area contributed by atoms with E-state index in [-0.39, 0.29) is 6.04 Å². The van der Waals surface area contributed by atoms with Crippen molar-refractivity contribution in [2.45, 2.75) is 19.4 Å². The first kappa shape index (κ1) is 10.8. The van der Waals surface area contributed by atoms with Gasteiger partial charge in [0.15, 0.2) is 0 Å². The minimum absolute atomic E-state index is 0.0231. The number of aryl methyl sites for hydroxylation is 1. The second-order valence-electron chi connectivity index (χ2n) is 3.64. The van der Waals surface area contributed by atoms with E-state index in [1.54, 1.807) is 17.1 Å². The van der Waals surface area contributed by atoms with Crippen LogP contribution in [-0.4, -0.2) is 31.5 Å². The lowest BCUT2D eigenvalue weighted by molar-refractivity contribution is 0.533. The number of aromatic amines is 1. The molecule has 0 aliphatic rings. The van der Waals surface area contributed by atoms with Gasteiger partial charge in [0.2, 0.25) is 0 Å². The number of hydrogen-bond donors (Lipinski definition) is 2. The Labute approximate surface area is 94.1 Å². The van der Waals surface area contributed by atoms with Gasteiger partial charge in [0.1, 0.15) is 11.9 Å². The molecule has 2 heterocycles. The molecule has 2 rings (SSSR count). The Kier molecular flexibility index (Phi) is 3.31. The van der Waals surface area contributed by atoms with E-state index in [0.717, 1.165) is 24.5 Å². The van der Waals surface area contributed by atoms with Crippen LogP contribution in [0.3, 0.4) is 0 Å². The summed E-state index contributed by atoms with van der Waals surface area (Å²) < 4.78 is 1.76. The van der Waals surface area contributed by atoms with Crippen molar-refractivity contribution in [2.75, 3.05) is 6.54 Å². The fraction of sp³-hybridized carbons (Fsp3) is 0.500. The molecule has 0 fully saturated rings. The van der Waals surface area contributed by atoms with Crippen LogP contribution < -0.4 is 5.32 Å². The van der Waals surface area contributed by atoms with E-state index in [1.165, 1.54) is 0 Å². The van der Waals surface area contributed by atoms with E-state index in [0.29, 0.717) is 0 Å². The summed E-state index contributed by atoms with van der Waals surface area (Å²) in [6.45, 7) is 3.06. The molecule has 0 spiro atoms. The monoisotopic (exact) mass is 220 g/mol. The van der Waals surface area contributed by atoms with Gasteiger partial charge < -0.3 is 10.3 Å². The predicted octanol–water partition coefficient (Wildman–Crippen LogP) is 0.627. The average molecular weight is 220 g/mol. The Morgan fingerprint density at radius 3 is 3.00 bits per heavy atom. The highest BCUT2D eigenvalue weighted by molar-refractivity contribution is 5.13. The fourth-order valence-electron chi connectivity index (χ4n) is 1.62. The maximum absolute atomic E-state index is 4.28. The molecule has 0 aliphatic heterocycles. The van der Waals surface area contributed by atoms with E-state index in [2.05, 4.69) is 32.5 Å². The van der Waals surface area contributed by atoms with Crippen molar-refractivity contribution < 1.29 is 0 Å². The van der Waals surface area contributed by atoms with Gasteiger partial charge in [0.25, 0.3) is 0 Å². The highest BCUT2D eigenvalue weighted by atomic mass is 15.4. The summed E-state index contributed by atoms with van der Waals surface area (Å²) in [5, 5.41) is 11.3. The Bertz CT molecular complexity index is 418. The lowest BCUT2D eigenvalue weighted by Gasteiger charge is -2.15. The Balaban J connectivity index is 2.25. The van der Waals surface area contributed by atoms with E-state index in [9.17, 15) is 0 Å². The Hall–Kier alpha value is -1.69. The van der Waals surface area contributed by atoms with Gasteiger partial charge in [-0.3, -0.25) is 4.68 Å². The Morgan fingerprint density at radius 1 is 1.56 bits per heavy atom. The van der Waals surface area contributed by atoms with Gasteiger partial charge in [-0.2, -0.15) is 0 Å². The van der Waals surface area contributed by atoms with Crippen molar-refractivity contribution in [2.24, 2.45) is 7.05 Å². The summed E-state index contributed by atoms with van der Waals surface area (Å²) in [6, 6.07) is 0.0231. The highest BCUT2D eigenvalue weighted by Gasteiger charge is 2.19. The number of hydrogen-bond acceptors (Lipinski definition) is 4. The van der Waals surface area contributed by atoms with E-state index >= 15 is 0 Å². The van der Waals surface area contributed by atoms with Crippen LogP contribution in [0.4, 0.5) is 0 Å². The largest absolute Gasteiger partial charge is 0.347 e. The quantitative estimate of drug-likeness (QED) is 0.775. The van der Waals surface area contributed by atoms with Crippen LogP contribution in [0.5, 0.6) is 0 Å². The molecule has 6 nitrogen and oxygen atoms in total. The molecular formula is C10H16N6. The third-order valence-electron chi connectivity index (χ3n) is 2.44. The summed E-state index contributed by atoms with van der Waals surface area (Å²) in [5.74, 6) is 0.888. The molecule has 0 saturated carbocycles. The molecule has 1 unspecified atom stereocenters. The topological polar surface area (TPSA) is 71.4 Å². The van der Waals surface area contributed by atoms with Crippen LogP contribution >= 0.6 is 0 Å². The minimum atomic E-state index is 0.0231. The number of H-pyrrole nitrogens is 1. The molecular weight excluding hydrogens is 204 g/mol. The van der Waals surface area contributed by atoms with Gasteiger partial charge in [-0.05, 0) is 13.0 Å². The number of nitrogens with one attached hydrogen (secondary N) is 2. The van der Waals surface area contributed by atoms with Crippen molar-refractivity contribution >= 4 is 0 Å². The minimum Gasteiger partial charge on any atom is -0.347 e. The Morgan fingerprint density at radius 2 is 2.44 bits per heavy atom. The maximum Gasteiger partial charge on any atom is 0.129 e. The van der Waals surface area contributed by atoms with E-state index in [1.807, 2.05) is 13.2 Å². The number of aromatic nitrogens is 5. The van der Waals surface area contributed by atoms with Crippen LogP contribution in [0.1, 0.15) is 30.9 Å². The first-order valence-electron chi connectivity index (χ1n) is 5.40. The molecule has 16 heavy (non-hydrogen) atoms. The van der Waals surface area contributed by atoms with Crippen LogP contribution in [0.2, 0.25) is 0 Å². The van der Waals surface area contributed by atoms with Crippen LogP contribution in [0.15, 0.2) is 18.6 Å². The molecule has 2 N–H and O–H groups in total. The summed E-state index contributed by atoms with van der Waals surface area (Å²) in [4.78, 5) is 7.40. The van der Waals surface area contributed by atoms with E-state index < -0.39 is 0 Å². The molecule has 0 saturated heterocycles. The molecule has 0 radical (unpaired) electrons. The second kappa shape index (κ2) is 4.89. The van der Waals surface area contributed by atoms with Crippen LogP contribution in [-0.2, 0) is 7.05 Å². The maximum atomic E-state index is 4.28. The first-order chi connectivity index (χ1) is 7.83. The number of nitrogens with zero attached hydrogens (tertiary/aromatic N) is 4. The van der Waals surface area contributed by atoms with Crippen molar-refractivity contribution in [3.8, 4) is 0 Å². The molecule has 6 heteroatoms. The lowest BCUT2D eigenvalue weighted by atomic mass is 10.2. The molecule has 0 aliphatic carbocycles. The predicted molar refractivity (Wildman–Crippen MR) is 59.7 cm³/mol. The first-order valence-corrected chi connectivity index (χ1v) is 5.40. The fourth-order valence-corrected chi connectivity index (χ4v) is 1.62. The zero-order valence-electron chi connectivity index (χ0n) is 9.51. The van der Waals surface area contributed by atoms with Gasteiger partial charge in [-0.1, -0.05) is 12.1 Å². The second-order valence-corrected chi connectivity index (χ2v) is 3.64. The van der Waals surface area contributed by atoms with Gasteiger partial charge in [-0.15, -0.1) is 5.10 Å². The molecule has 0 amide bonds. The van der Waals surface area contributed by atoms with Gasteiger partial charge in [0, 0.05) is 19.4 Å². The normalized spacial score (nSPS) is 12.9. The zero-order valence-corrected chi connectivity index (χ0v) is 9.51. The van der Waals surface area contributed by atoms with Crippen molar-refractivity contribution in [1.82, 2.24) is 30.3 Å². The summed E-state index contributed by atoms with van der Waals surface area (Å²) in [6.07, 6.45) is 6.40. The molecule has 86 valence electrons. The highest BCUT2D eigenvalue weighted by Crippen LogP contribution is 2.16. The summed E-state index contributed by atoms with van der Waals surface area (Å²) >= 11 is 0. The SMILES string of the molecule is CCCNC(c1ncc[nH]1)c1cnnn1C. The average Bonchev–Trinajstić information content (AvgIpc) is 2.91.